The van der Waals surface area contributed by atoms with Crippen molar-refractivity contribution in [3.05, 3.63) is 38.8 Å². The second kappa shape index (κ2) is 5.97. The number of thiophene rings is 1. The van der Waals surface area contributed by atoms with E-state index in [4.69, 9.17) is 4.74 Å². The van der Waals surface area contributed by atoms with Gasteiger partial charge in [-0.15, -0.1) is 11.3 Å². The number of piperidine rings is 1. The van der Waals surface area contributed by atoms with Gasteiger partial charge >= 0.3 is 0 Å². The number of aromatic nitrogens is 2. The fraction of sp³-hybridized carbons (Fsp3) is 0.632. The number of nitrogens with zero attached hydrogens (tertiary/aromatic N) is 3. The summed E-state index contributed by atoms with van der Waals surface area (Å²) in [5.74, 6) is 0. The summed E-state index contributed by atoms with van der Waals surface area (Å²) in [7, 11) is 1.98. The normalized spacial score (nSPS) is 27.6. The molecule has 4 rings (SSSR count). The molecule has 2 atom stereocenters. The van der Waals surface area contributed by atoms with Gasteiger partial charge in [0, 0.05) is 59.7 Å². The smallest absolute Gasteiger partial charge is 0.0971 e. The van der Waals surface area contributed by atoms with E-state index in [0.717, 1.165) is 39.0 Å². The summed E-state index contributed by atoms with van der Waals surface area (Å²) in [4.78, 5) is 5.62. The van der Waals surface area contributed by atoms with E-state index in [2.05, 4.69) is 37.0 Å². The monoisotopic (exact) mass is 345 g/mol. The minimum Gasteiger partial charge on any atom is -0.370 e. The first-order chi connectivity index (χ1) is 11.5. The highest BCUT2D eigenvalue weighted by molar-refractivity contribution is 7.12. The number of rotatable bonds is 2. The number of aryl methyl sites for hydroxylation is 2. The molecular formula is C19H27N3OS. The Labute approximate surface area is 148 Å². The fourth-order valence-electron chi connectivity index (χ4n) is 4.51. The first-order valence-corrected chi connectivity index (χ1v) is 9.75. The van der Waals surface area contributed by atoms with Crippen molar-refractivity contribution in [2.24, 2.45) is 7.05 Å². The van der Waals surface area contributed by atoms with Crippen LogP contribution in [0, 0.1) is 13.8 Å². The Morgan fingerprint density at radius 1 is 1.42 bits per heavy atom. The quantitative estimate of drug-likeness (QED) is 0.834. The summed E-state index contributed by atoms with van der Waals surface area (Å²) in [6, 6.07) is 0.518. The topological polar surface area (TPSA) is 30.3 Å². The van der Waals surface area contributed by atoms with Crippen LogP contribution in [0.4, 0.5) is 0 Å². The van der Waals surface area contributed by atoms with Crippen LogP contribution in [-0.4, -0.2) is 33.9 Å². The second-order valence-corrected chi connectivity index (χ2v) is 8.78. The number of fused-ring (bicyclic) bond motifs is 2. The lowest BCUT2D eigenvalue weighted by Gasteiger charge is -2.47. The van der Waals surface area contributed by atoms with Gasteiger partial charge in [-0.3, -0.25) is 9.58 Å². The van der Waals surface area contributed by atoms with Gasteiger partial charge in [0.05, 0.1) is 18.4 Å². The molecule has 0 aromatic carbocycles. The van der Waals surface area contributed by atoms with E-state index in [1.54, 1.807) is 4.88 Å². The van der Waals surface area contributed by atoms with E-state index in [0.29, 0.717) is 6.04 Å². The van der Waals surface area contributed by atoms with Crippen LogP contribution in [0.3, 0.4) is 0 Å². The molecule has 5 heteroatoms. The van der Waals surface area contributed by atoms with Crippen molar-refractivity contribution in [3.63, 3.8) is 0 Å². The number of hydrogen-bond acceptors (Lipinski definition) is 4. The van der Waals surface area contributed by atoms with Gasteiger partial charge in [-0.25, -0.2) is 0 Å². The third-order valence-electron chi connectivity index (χ3n) is 5.82. The molecule has 2 aliphatic rings. The molecule has 4 nitrogen and oxygen atoms in total. The maximum atomic E-state index is 6.46. The average Bonchev–Trinajstić information content (AvgIpc) is 3.07. The molecule has 1 fully saturated rings. The van der Waals surface area contributed by atoms with Gasteiger partial charge in [0.2, 0.25) is 0 Å². The van der Waals surface area contributed by atoms with E-state index in [1.807, 2.05) is 29.3 Å². The van der Waals surface area contributed by atoms with Gasteiger partial charge in [-0.05, 0) is 39.2 Å². The molecule has 2 aromatic heterocycles. The molecule has 0 bridgehead atoms. The van der Waals surface area contributed by atoms with Gasteiger partial charge in [0.1, 0.15) is 0 Å². The lowest BCUT2D eigenvalue weighted by atomic mass is 9.77. The molecule has 0 radical (unpaired) electrons. The van der Waals surface area contributed by atoms with Crippen LogP contribution >= 0.6 is 11.3 Å². The summed E-state index contributed by atoms with van der Waals surface area (Å²) in [6.07, 6.45) is 7.39. The molecule has 4 heterocycles. The third kappa shape index (κ3) is 2.63. The summed E-state index contributed by atoms with van der Waals surface area (Å²) in [6.45, 7) is 9.84. The molecule has 2 aliphatic heterocycles. The molecule has 0 aliphatic carbocycles. The van der Waals surface area contributed by atoms with Crippen LogP contribution in [0.25, 0.3) is 0 Å². The Morgan fingerprint density at radius 3 is 2.96 bits per heavy atom. The van der Waals surface area contributed by atoms with Crippen molar-refractivity contribution >= 4 is 11.3 Å². The van der Waals surface area contributed by atoms with Gasteiger partial charge in [0.25, 0.3) is 0 Å². The van der Waals surface area contributed by atoms with Crippen molar-refractivity contribution in [2.75, 3.05) is 13.2 Å². The van der Waals surface area contributed by atoms with E-state index in [9.17, 15) is 0 Å². The van der Waals surface area contributed by atoms with Crippen LogP contribution in [0.15, 0.2) is 12.4 Å². The highest BCUT2D eigenvalue weighted by Gasteiger charge is 2.45. The molecule has 0 saturated carbocycles. The highest BCUT2D eigenvalue weighted by Crippen LogP contribution is 2.48. The lowest BCUT2D eigenvalue weighted by Crippen LogP contribution is -2.50. The molecular weight excluding hydrogens is 318 g/mol. The molecule has 2 aromatic rings. The molecule has 24 heavy (non-hydrogen) atoms. The Morgan fingerprint density at radius 2 is 2.25 bits per heavy atom. The molecule has 0 N–H and O–H groups in total. The zero-order chi connectivity index (χ0) is 16.9. The average molecular weight is 346 g/mol. The van der Waals surface area contributed by atoms with E-state index >= 15 is 0 Å². The van der Waals surface area contributed by atoms with Crippen molar-refractivity contribution in [1.82, 2.24) is 14.7 Å². The number of likely N-dealkylation sites (tertiary alicyclic amines) is 1. The van der Waals surface area contributed by atoms with Gasteiger partial charge in [0.15, 0.2) is 0 Å². The summed E-state index contributed by atoms with van der Waals surface area (Å²) >= 11 is 1.99. The van der Waals surface area contributed by atoms with Crippen molar-refractivity contribution in [1.29, 1.82) is 0 Å². The van der Waals surface area contributed by atoms with Gasteiger partial charge in [-0.2, -0.15) is 5.10 Å². The minimum atomic E-state index is -0.0483. The maximum Gasteiger partial charge on any atom is 0.0971 e. The minimum absolute atomic E-state index is 0.0483. The second-order valence-electron chi connectivity index (χ2n) is 7.47. The Kier molecular flexibility index (Phi) is 4.06. The Bertz CT molecular complexity index is 750. The van der Waals surface area contributed by atoms with E-state index in [-0.39, 0.29) is 5.60 Å². The summed E-state index contributed by atoms with van der Waals surface area (Å²) < 4.78 is 8.35. The summed E-state index contributed by atoms with van der Waals surface area (Å²) in [5.41, 5.74) is 4.26. The van der Waals surface area contributed by atoms with Gasteiger partial charge < -0.3 is 4.74 Å². The third-order valence-corrected chi connectivity index (χ3v) is 7.08. The largest absolute Gasteiger partial charge is 0.370 e. The van der Waals surface area contributed by atoms with Crippen LogP contribution in [0.2, 0.25) is 0 Å². The number of hydrogen-bond donors (Lipinski definition) is 0. The van der Waals surface area contributed by atoms with Crippen LogP contribution < -0.4 is 0 Å². The highest BCUT2D eigenvalue weighted by atomic mass is 32.1. The van der Waals surface area contributed by atoms with Crippen LogP contribution in [0.5, 0.6) is 0 Å². The van der Waals surface area contributed by atoms with Crippen LogP contribution in [0.1, 0.15) is 46.2 Å². The molecule has 130 valence electrons. The zero-order valence-corrected chi connectivity index (χ0v) is 15.9. The molecule has 1 saturated heterocycles. The molecule has 1 unspecified atom stereocenters. The first-order valence-electron chi connectivity index (χ1n) is 8.93. The van der Waals surface area contributed by atoms with E-state index in [1.165, 1.54) is 21.6 Å². The Hall–Kier alpha value is -1.17. The van der Waals surface area contributed by atoms with Crippen molar-refractivity contribution < 1.29 is 4.74 Å². The van der Waals surface area contributed by atoms with Crippen molar-refractivity contribution in [3.8, 4) is 0 Å². The fourth-order valence-corrected chi connectivity index (χ4v) is 5.77. The predicted octanol–water partition coefficient (Wildman–Crippen LogP) is 3.55. The van der Waals surface area contributed by atoms with Crippen molar-refractivity contribution in [2.45, 2.75) is 58.2 Å². The van der Waals surface area contributed by atoms with Gasteiger partial charge in [-0.1, -0.05) is 0 Å². The van der Waals surface area contributed by atoms with E-state index < -0.39 is 0 Å². The Balaban J connectivity index is 1.57. The number of ether oxygens (including phenoxy) is 1. The predicted molar refractivity (Wildman–Crippen MR) is 97.4 cm³/mol. The lowest BCUT2D eigenvalue weighted by molar-refractivity contribution is -0.112. The first kappa shape index (κ1) is 16.3. The van der Waals surface area contributed by atoms with Crippen LogP contribution in [-0.2, 0) is 30.4 Å². The maximum absolute atomic E-state index is 6.46. The molecule has 0 amide bonds. The zero-order valence-electron chi connectivity index (χ0n) is 15.1. The summed E-state index contributed by atoms with van der Waals surface area (Å²) in [5, 5.41) is 4.30. The standard InChI is InChI=1S/C19H27N3OS/c1-13-9-19(6-7-22(13)12-16-10-20-21(4)11-16)18-14(2)15(3)24-17(18)5-8-23-19/h10-11,13H,5-9,12H2,1-4H3/t13-,19?/m0/s1. The molecule has 1 spiro atoms. The SMILES string of the molecule is Cc1sc2c(c1C)C1(CCN(Cc3cnn(C)c3)[C@@H](C)C1)OCC2.